The lowest BCUT2D eigenvalue weighted by molar-refractivity contribution is -0.140. The van der Waals surface area contributed by atoms with E-state index < -0.39 is 28.1 Å². The Balaban J connectivity index is 1.56. The minimum absolute atomic E-state index is 0.120. The molecule has 0 radical (unpaired) electrons. The van der Waals surface area contributed by atoms with Crippen molar-refractivity contribution in [1.82, 2.24) is 14.9 Å². The second-order valence-corrected chi connectivity index (χ2v) is 9.50. The Labute approximate surface area is 179 Å². The summed E-state index contributed by atoms with van der Waals surface area (Å²) in [6.07, 6.45) is -0.328. The highest BCUT2D eigenvalue weighted by atomic mass is 32.2. The molecular weight excluding hydrogens is 430 g/mol. The monoisotopic (exact) mass is 453 g/mol. The molecule has 162 valence electrons. The molecule has 1 fully saturated rings. The molecule has 0 saturated carbocycles. The van der Waals surface area contributed by atoms with Crippen LogP contribution in [-0.2, 0) is 30.9 Å². The maximum Gasteiger partial charge on any atom is 0.309 e. The van der Waals surface area contributed by atoms with Gasteiger partial charge in [-0.1, -0.05) is 24.3 Å². The molecule has 3 rings (SSSR count). The Morgan fingerprint density at radius 2 is 1.97 bits per heavy atom. The van der Waals surface area contributed by atoms with E-state index in [0.29, 0.717) is 18.8 Å². The Morgan fingerprint density at radius 3 is 2.70 bits per heavy atom. The van der Waals surface area contributed by atoms with Gasteiger partial charge in [-0.3, -0.25) is 9.59 Å². The number of para-hydroxylation sites is 1. The van der Waals surface area contributed by atoms with E-state index in [-0.39, 0.29) is 23.8 Å². The standard InChI is InChI=1S/C19H23N3O6S2/c1-27-15-7-3-2-6-14(15)12-20-18(23)19(24)21-13-16-22(9-5-10-28-16)30(25,26)17-8-4-11-29-17/h2-4,6-8,11,16H,5,9-10,12-13H2,1H3,(H,20,23)(H,21,24)/t16-/m1/s1. The van der Waals surface area contributed by atoms with Crippen molar-refractivity contribution >= 4 is 33.2 Å². The number of carbonyl (C=O) groups excluding carboxylic acids is 2. The van der Waals surface area contributed by atoms with Gasteiger partial charge >= 0.3 is 11.8 Å². The van der Waals surface area contributed by atoms with E-state index in [1.165, 1.54) is 17.5 Å². The molecular formula is C19H23N3O6S2. The zero-order valence-corrected chi connectivity index (χ0v) is 18.0. The first-order chi connectivity index (χ1) is 14.4. The number of hydrogen-bond donors (Lipinski definition) is 2. The molecule has 0 unspecified atom stereocenters. The largest absolute Gasteiger partial charge is 0.496 e. The highest BCUT2D eigenvalue weighted by Gasteiger charge is 2.35. The first kappa shape index (κ1) is 22.2. The third kappa shape index (κ3) is 5.17. The van der Waals surface area contributed by atoms with E-state index in [9.17, 15) is 18.0 Å². The third-order valence-corrected chi connectivity index (χ3v) is 7.75. The number of methoxy groups -OCH3 is 1. The SMILES string of the molecule is COc1ccccc1CNC(=O)C(=O)NC[C@H]1OCCCN1S(=O)(=O)c1cccs1. The number of hydrogen-bond acceptors (Lipinski definition) is 7. The van der Waals surface area contributed by atoms with Crippen LogP contribution in [0.1, 0.15) is 12.0 Å². The fourth-order valence-electron chi connectivity index (χ4n) is 2.99. The topological polar surface area (TPSA) is 114 Å². The molecule has 1 aliphatic rings. The quantitative estimate of drug-likeness (QED) is 0.603. The van der Waals surface area contributed by atoms with Gasteiger partial charge in [0.25, 0.3) is 10.0 Å². The van der Waals surface area contributed by atoms with Crippen LogP contribution in [0.4, 0.5) is 0 Å². The molecule has 0 aliphatic carbocycles. The average Bonchev–Trinajstić information content (AvgIpc) is 3.32. The van der Waals surface area contributed by atoms with Gasteiger partial charge in [0.1, 0.15) is 16.2 Å². The number of benzene rings is 1. The smallest absolute Gasteiger partial charge is 0.309 e. The maximum absolute atomic E-state index is 12.8. The number of nitrogens with zero attached hydrogens (tertiary/aromatic N) is 1. The van der Waals surface area contributed by atoms with Crippen LogP contribution in [0.15, 0.2) is 46.0 Å². The Bertz CT molecular complexity index is 978. The lowest BCUT2D eigenvalue weighted by atomic mass is 10.2. The van der Waals surface area contributed by atoms with Crippen LogP contribution in [0.3, 0.4) is 0 Å². The molecule has 1 atom stereocenters. The lowest BCUT2D eigenvalue weighted by Gasteiger charge is -2.34. The van der Waals surface area contributed by atoms with E-state index in [1.807, 2.05) is 0 Å². The van der Waals surface area contributed by atoms with Crippen LogP contribution in [0.5, 0.6) is 5.75 Å². The molecule has 1 aliphatic heterocycles. The van der Waals surface area contributed by atoms with Crippen LogP contribution in [0, 0.1) is 0 Å². The molecule has 1 aromatic carbocycles. The van der Waals surface area contributed by atoms with Crippen LogP contribution in [0.25, 0.3) is 0 Å². The Kier molecular flexibility index (Phi) is 7.43. The number of carbonyl (C=O) groups is 2. The van der Waals surface area contributed by atoms with E-state index in [0.717, 1.165) is 16.9 Å². The van der Waals surface area contributed by atoms with Crippen LogP contribution in [-0.4, -0.2) is 57.6 Å². The zero-order valence-electron chi connectivity index (χ0n) is 16.4. The third-order valence-electron chi connectivity index (χ3n) is 4.49. The van der Waals surface area contributed by atoms with Gasteiger partial charge in [0, 0.05) is 18.7 Å². The first-order valence-electron chi connectivity index (χ1n) is 9.28. The van der Waals surface area contributed by atoms with Gasteiger partial charge in [-0.2, -0.15) is 4.31 Å². The lowest BCUT2D eigenvalue weighted by Crippen LogP contribution is -2.52. The molecule has 30 heavy (non-hydrogen) atoms. The predicted molar refractivity (Wildman–Crippen MR) is 110 cm³/mol. The number of ether oxygens (including phenoxy) is 2. The highest BCUT2D eigenvalue weighted by Crippen LogP contribution is 2.25. The minimum Gasteiger partial charge on any atom is -0.496 e. The summed E-state index contributed by atoms with van der Waals surface area (Å²) in [5.41, 5.74) is 0.727. The van der Waals surface area contributed by atoms with Crippen molar-refractivity contribution in [3.63, 3.8) is 0 Å². The molecule has 11 heteroatoms. The second kappa shape index (κ2) is 10.0. The Hall–Kier alpha value is -2.47. The summed E-state index contributed by atoms with van der Waals surface area (Å²) < 4.78 is 37.8. The van der Waals surface area contributed by atoms with Gasteiger partial charge in [-0.25, -0.2) is 8.42 Å². The van der Waals surface area contributed by atoms with Gasteiger partial charge in [-0.15, -0.1) is 11.3 Å². The van der Waals surface area contributed by atoms with E-state index in [4.69, 9.17) is 9.47 Å². The summed E-state index contributed by atoms with van der Waals surface area (Å²) in [6, 6.07) is 10.3. The molecule has 2 heterocycles. The van der Waals surface area contributed by atoms with Crippen molar-refractivity contribution in [2.24, 2.45) is 0 Å². The van der Waals surface area contributed by atoms with Crippen LogP contribution >= 0.6 is 11.3 Å². The van der Waals surface area contributed by atoms with Gasteiger partial charge in [0.2, 0.25) is 0 Å². The predicted octanol–water partition coefficient (Wildman–Crippen LogP) is 0.926. The molecule has 2 amide bonds. The van der Waals surface area contributed by atoms with Gasteiger partial charge in [-0.05, 0) is 23.9 Å². The van der Waals surface area contributed by atoms with Crippen molar-refractivity contribution < 1.29 is 27.5 Å². The fraction of sp³-hybridized carbons (Fsp3) is 0.368. The van der Waals surface area contributed by atoms with Gasteiger partial charge in [0.15, 0.2) is 0 Å². The summed E-state index contributed by atoms with van der Waals surface area (Å²) in [5.74, 6) is -1.10. The number of amides is 2. The number of rotatable bonds is 7. The molecule has 2 N–H and O–H groups in total. The van der Waals surface area contributed by atoms with E-state index in [1.54, 1.807) is 35.7 Å². The van der Waals surface area contributed by atoms with Crippen molar-refractivity contribution in [3.8, 4) is 5.75 Å². The van der Waals surface area contributed by atoms with Gasteiger partial charge in [0.05, 0.1) is 20.3 Å². The Morgan fingerprint density at radius 1 is 1.20 bits per heavy atom. The van der Waals surface area contributed by atoms with Crippen molar-refractivity contribution in [2.75, 3.05) is 26.8 Å². The van der Waals surface area contributed by atoms with Gasteiger partial charge < -0.3 is 20.1 Å². The molecule has 1 saturated heterocycles. The van der Waals surface area contributed by atoms with E-state index >= 15 is 0 Å². The van der Waals surface area contributed by atoms with E-state index in [2.05, 4.69) is 10.6 Å². The number of sulfonamides is 1. The second-order valence-electron chi connectivity index (χ2n) is 6.43. The van der Waals surface area contributed by atoms with Crippen LogP contribution in [0.2, 0.25) is 0 Å². The zero-order chi connectivity index (χ0) is 21.6. The van der Waals surface area contributed by atoms with Crippen molar-refractivity contribution in [2.45, 2.75) is 23.4 Å². The summed E-state index contributed by atoms with van der Waals surface area (Å²) in [4.78, 5) is 24.3. The number of nitrogens with one attached hydrogen (secondary N) is 2. The fourth-order valence-corrected chi connectivity index (χ4v) is 5.68. The number of thiophene rings is 1. The van der Waals surface area contributed by atoms with Crippen molar-refractivity contribution in [1.29, 1.82) is 0 Å². The summed E-state index contributed by atoms with van der Waals surface area (Å²) in [7, 11) is -2.21. The molecule has 9 nitrogen and oxygen atoms in total. The average molecular weight is 454 g/mol. The summed E-state index contributed by atoms with van der Waals surface area (Å²) in [5, 5.41) is 6.66. The molecule has 0 bridgehead atoms. The first-order valence-corrected chi connectivity index (χ1v) is 11.6. The summed E-state index contributed by atoms with van der Waals surface area (Å²) >= 11 is 1.12. The molecule has 0 spiro atoms. The minimum atomic E-state index is -3.73. The van der Waals surface area contributed by atoms with Crippen molar-refractivity contribution in [3.05, 3.63) is 47.3 Å². The highest BCUT2D eigenvalue weighted by molar-refractivity contribution is 7.91. The van der Waals surface area contributed by atoms with Crippen LogP contribution < -0.4 is 15.4 Å². The summed E-state index contributed by atoms with van der Waals surface area (Å²) in [6.45, 7) is 0.637. The normalized spacial score (nSPS) is 17.3. The molecule has 2 aromatic rings. The molecule has 1 aromatic heterocycles. The maximum atomic E-state index is 12.8.